The lowest BCUT2D eigenvalue weighted by Crippen LogP contribution is -2.73. The minimum Gasteiger partial charge on any atom is -0.481 e. The third-order valence-corrected chi connectivity index (χ3v) is 8.47. The molecule has 0 aromatic heterocycles. The van der Waals surface area contributed by atoms with Crippen LogP contribution in [0.3, 0.4) is 0 Å². The number of nitrogens with one attached hydrogen (secondary N) is 3. The average molecular weight is 682 g/mol. The van der Waals surface area contributed by atoms with Crippen molar-refractivity contribution in [1.29, 1.82) is 0 Å². The van der Waals surface area contributed by atoms with Gasteiger partial charge in [0.1, 0.15) is 11.2 Å². The minimum atomic E-state index is -2.03. The summed E-state index contributed by atoms with van der Waals surface area (Å²) in [6.45, 7) is 13.6. The van der Waals surface area contributed by atoms with Gasteiger partial charge < -0.3 is 35.6 Å². The van der Waals surface area contributed by atoms with E-state index >= 15 is 0 Å². The third-order valence-electron chi connectivity index (χ3n) is 8.47. The summed E-state index contributed by atoms with van der Waals surface area (Å²) in [7, 11) is 0. The zero-order valence-electron chi connectivity index (χ0n) is 29.3. The fraction of sp³-hybridized carbons (Fsp3) is 0.500. The quantitative estimate of drug-likeness (QED) is 0.189. The third kappa shape index (κ3) is 9.15. The number of anilines is 1. The smallest absolute Gasteiger partial charge is 0.407 e. The number of carbonyl (C=O) groups is 6. The first-order valence-corrected chi connectivity index (χ1v) is 16.0. The number of rotatable bonds is 12. The summed E-state index contributed by atoms with van der Waals surface area (Å²) in [6, 6.07) is 12.8. The lowest BCUT2D eigenvalue weighted by Gasteiger charge is -2.59. The highest BCUT2D eigenvalue weighted by Crippen LogP contribution is 2.65. The molecule has 3 rings (SSSR count). The molecule has 2 atom stereocenters. The zero-order valence-corrected chi connectivity index (χ0v) is 29.3. The number of ether oxygens (including phenoxy) is 2. The predicted molar refractivity (Wildman–Crippen MR) is 180 cm³/mol. The van der Waals surface area contributed by atoms with Crippen LogP contribution in [0.25, 0.3) is 0 Å². The summed E-state index contributed by atoms with van der Waals surface area (Å²) < 4.78 is 10.4. The highest BCUT2D eigenvalue weighted by atomic mass is 16.6. The first kappa shape index (κ1) is 38.5. The van der Waals surface area contributed by atoms with Crippen molar-refractivity contribution < 1.29 is 48.5 Å². The van der Waals surface area contributed by atoms with Crippen molar-refractivity contribution in [3.8, 4) is 0 Å². The number of hydrogen-bond acceptors (Lipinski definition) is 8. The van der Waals surface area contributed by atoms with Gasteiger partial charge in [-0.25, -0.2) is 9.59 Å². The van der Waals surface area contributed by atoms with E-state index in [0.717, 1.165) is 11.1 Å². The maximum Gasteiger partial charge on any atom is 0.407 e. The van der Waals surface area contributed by atoms with Crippen LogP contribution in [0, 0.1) is 22.7 Å². The normalized spacial score (nSPS) is 21.8. The summed E-state index contributed by atoms with van der Waals surface area (Å²) in [5, 5.41) is 28.6. The second-order valence-electron chi connectivity index (χ2n) is 14.6. The molecule has 49 heavy (non-hydrogen) atoms. The second-order valence-corrected chi connectivity index (χ2v) is 14.6. The molecular formula is C36H47N3O10. The van der Waals surface area contributed by atoms with Gasteiger partial charge in [-0.05, 0) is 91.5 Å². The molecule has 2 unspecified atom stereocenters. The van der Waals surface area contributed by atoms with E-state index in [1.165, 1.54) is 26.0 Å². The number of alkyl carbamates (subject to hydrolysis) is 2. The molecule has 0 spiro atoms. The van der Waals surface area contributed by atoms with Crippen molar-refractivity contribution in [2.75, 3.05) is 18.4 Å². The molecule has 1 aliphatic rings. The number of carbonyl (C=O) groups excluding carboxylic acids is 4. The first-order chi connectivity index (χ1) is 22.6. The Bertz CT molecular complexity index is 1550. The second kappa shape index (κ2) is 14.7. The van der Waals surface area contributed by atoms with Crippen LogP contribution in [-0.4, -0.2) is 70.3 Å². The van der Waals surface area contributed by atoms with Gasteiger partial charge in [0, 0.05) is 24.3 Å². The Hall–Kier alpha value is -4.94. The lowest BCUT2D eigenvalue weighted by atomic mass is 9.38. The van der Waals surface area contributed by atoms with Crippen LogP contribution in [0.5, 0.6) is 0 Å². The number of carboxylic acids is 2. The Kier molecular flexibility index (Phi) is 11.5. The lowest BCUT2D eigenvalue weighted by molar-refractivity contribution is -0.208. The van der Waals surface area contributed by atoms with Crippen LogP contribution in [-0.2, 0) is 36.7 Å². The Morgan fingerprint density at radius 2 is 1.04 bits per heavy atom. The molecule has 13 nitrogen and oxygen atoms in total. The average Bonchev–Trinajstić information content (AvgIpc) is 2.96. The number of benzene rings is 2. The van der Waals surface area contributed by atoms with E-state index in [0.29, 0.717) is 25.1 Å². The summed E-state index contributed by atoms with van der Waals surface area (Å²) in [5.41, 5.74) is -3.31. The molecule has 13 heteroatoms. The molecule has 2 aromatic carbocycles. The Balaban J connectivity index is 1.71. The van der Waals surface area contributed by atoms with Gasteiger partial charge >= 0.3 is 24.1 Å². The number of Topliss-reactive ketones (excluding diaryl/α,β-unsaturated/α-hetero) is 1. The van der Waals surface area contributed by atoms with E-state index in [9.17, 15) is 39.0 Å². The van der Waals surface area contributed by atoms with Crippen LogP contribution in [0.15, 0.2) is 48.5 Å². The topological polar surface area (TPSA) is 197 Å². The standard InChI is InChI=1S/C36H47N3O10/c1-33(2,3)48-31(46)37-19-17-21-9-13-23(14-10-21)25(40)26-35(7,29(42)43)27(36(26,8)30(44)45)28(41)39-24-15-11-22(12-16-24)18-20-38-32(47)49-34(4,5)6/h9-16,26-27H,17-20H2,1-8H3,(H,37,46)(H,38,47)(H,39,41)(H,42,43)(H,44,45). The van der Waals surface area contributed by atoms with Crippen LogP contribution < -0.4 is 16.0 Å². The summed E-state index contributed by atoms with van der Waals surface area (Å²) in [5.74, 6) is -7.62. The van der Waals surface area contributed by atoms with E-state index in [1.54, 1.807) is 77.9 Å². The molecule has 266 valence electrons. The Morgan fingerprint density at radius 3 is 1.41 bits per heavy atom. The fourth-order valence-electron chi connectivity index (χ4n) is 6.28. The minimum absolute atomic E-state index is 0.101. The van der Waals surface area contributed by atoms with Crippen LogP contribution in [0.4, 0.5) is 15.3 Å². The van der Waals surface area contributed by atoms with Gasteiger partial charge in [0.2, 0.25) is 5.91 Å². The van der Waals surface area contributed by atoms with Gasteiger partial charge in [-0.2, -0.15) is 0 Å². The molecule has 1 aliphatic carbocycles. The first-order valence-electron chi connectivity index (χ1n) is 16.0. The van der Waals surface area contributed by atoms with Crippen molar-refractivity contribution >= 4 is 41.5 Å². The van der Waals surface area contributed by atoms with Crippen molar-refractivity contribution in [2.45, 2.75) is 79.4 Å². The molecule has 5 N–H and O–H groups in total. The maximum atomic E-state index is 13.8. The molecule has 2 aromatic rings. The van der Waals surface area contributed by atoms with Crippen LogP contribution in [0.2, 0.25) is 0 Å². The molecule has 0 heterocycles. The molecular weight excluding hydrogens is 634 g/mol. The zero-order chi connectivity index (χ0) is 36.9. The van der Waals surface area contributed by atoms with E-state index in [-0.39, 0.29) is 12.1 Å². The van der Waals surface area contributed by atoms with Crippen molar-refractivity contribution in [3.63, 3.8) is 0 Å². The Morgan fingerprint density at radius 1 is 0.653 bits per heavy atom. The van der Waals surface area contributed by atoms with E-state index < -0.39 is 69.7 Å². The number of carboxylic acid groups (broad SMARTS) is 2. The summed E-state index contributed by atoms with van der Waals surface area (Å²) >= 11 is 0. The van der Waals surface area contributed by atoms with Gasteiger partial charge in [0.05, 0.1) is 22.7 Å². The monoisotopic (exact) mass is 681 g/mol. The van der Waals surface area contributed by atoms with Crippen LogP contribution in [0.1, 0.15) is 76.9 Å². The number of aliphatic carboxylic acids is 2. The summed E-state index contributed by atoms with van der Waals surface area (Å²) in [6.07, 6.45) is -0.218. The van der Waals surface area contributed by atoms with Crippen molar-refractivity contribution in [3.05, 3.63) is 65.2 Å². The molecule has 1 fully saturated rings. The molecule has 0 aliphatic heterocycles. The van der Waals surface area contributed by atoms with E-state index in [2.05, 4.69) is 16.0 Å². The predicted octanol–water partition coefficient (Wildman–Crippen LogP) is 5.07. The summed E-state index contributed by atoms with van der Waals surface area (Å²) in [4.78, 5) is 76.6. The number of hydrogen-bond donors (Lipinski definition) is 5. The van der Waals surface area contributed by atoms with Crippen LogP contribution >= 0.6 is 0 Å². The number of ketones is 1. The molecule has 0 radical (unpaired) electrons. The van der Waals surface area contributed by atoms with Crippen molar-refractivity contribution in [1.82, 2.24) is 10.6 Å². The van der Waals surface area contributed by atoms with Crippen molar-refractivity contribution in [2.24, 2.45) is 22.7 Å². The van der Waals surface area contributed by atoms with Gasteiger partial charge in [0.15, 0.2) is 5.78 Å². The van der Waals surface area contributed by atoms with E-state index in [4.69, 9.17) is 9.47 Å². The van der Waals surface area contributed by atoms with Gasteiger partial charge in [-0.3, -0.25) is 19.2 Å². The molecule has 0 bridgehead atoms. The molecule has 3 amide bonds. The maximum absolute atomic E-state index is 13.8. The largest absolute Gasteiger partial charge is 0.481 e. The van der Waals surface area contributed by atoms with Gasteiger partial charge in [-0.1, -0.05) is 36.4 Å². The molecule has 0 saturated heterocycles. The molecule has 1 saturated carbocycles. The Labute approximate surface area is 286 Å². The fourth-order valence-corrected chi connectivity index (χ4v) is 6.28. The number of amides is 3. The SMILES string of the molecule is CC(C)(C)OC(=O)NCCc1ccc(NC(=O)C2C(C)(C(=O)O)C(C(=O)c3ccc(CCNC(=O)OC(C)(C)C)cc3)C2(C)C(=O)O)cc1. The highest BCUT2D eigenvalue weighted by Gasteiger charge is 2.78. The van der Waals surface area contributed by atoms with Gasteiger partial charge in [-0.15, -0.1) is 0 Å². The van der Waals surface area contributed by atoms with Gasteiger partial charge in [0.25, 0.3) is 0 Å². The highest BCUT2D eigenvalue weighted by molar-refractivity contribution is 6.11. The van der Waals surface area contributed by atoms with E-state index in [1.807, 2.05) is 0 Å².